The van der Waals surface area contributed by atoms with E-state index in [0.29, 0.717) is 6.61 Å². The van der Waals surface area contributed by atoms with Crippen molar-refractivity contribution in [2.75, 3.05) is 0 Å². The van der Waals surface area contributed by atoms with Crippen LogP contribution < -0.4 is 4.74 Å². The molecule has 19 heavy (non-hydrogen) atoms. The fourth-order valence-corrected chi connectivity index (χ4v) is 2.22. The lowest BCUT2D eigenvalue weighted by molar-refractivity contribution is 0.277. The van der Waals surface area contributed by atoms with Gasteiger partial charge in [0.2, 0.25) is 5.88 Å². The third-order valence-corrected chi connectivity index (χ3v) is 3.25. The molecule has 0 spiro atoms. The Hall–Kier alpha value is -2.29. The molecule has 3 aromatic rings. The van der Waals surface area contributed by atoms with E-state index in [1.165, 1.54) is 16.3 Å². The molecule has 0 unspecified atom stereocenters. The van der Waals surface area contributed by atoms with Crippen LogP contribution in [0.3, 0.4) is 0 Å². The van der Waals surface area contributed by atoms with E-state index in [0.717, 1.165) is 11.4 Å². The minimum atomic E-state index is 0.561. The summed E-state index contributed by atoms with van der Waals surface area (Å²) in [5, 5.41) is 6.66. The number of fused-ring (bicyclic) bond motifs is 1. The number of nitrogens with zero attached hydrogens (tertiary/aromatic N) is 2. The number of ether oxygens (including phenoxy) is 1. The van der Waals surface area contributed by atoms with E-state index in [4.69, 9.17) is 4.74 Å². The summed E-state index contributed by atoms with van der Waals surface area (Å²) in [5.74, 6) is 0.827. The molecule has 0 saturated heterocycles. The quantitative estimate of drug-likeness (QED) is 0.713. The van der Waals surface area contributed by atoms with Crippen LogP contribution in [-0.2, 0) is 13.7 Å². The highest BCUT2D eigenvalue weighted by atomic mass is 16.5. The van der Waals surface area contributed by atoms with Crippen molar-refractivity contribution in [3.8, 4) is 5.88 Å². The first-order valence-electron chi connectivity index (χ1n) is 6.33. The zero-order valence-corrected chi connectivity index (χ0v) is 11.1. The van der Waals surface area contributed by atoms with Gasteiger partial charge in [0.05, 0.1) is 6.20 Å². The van der Waals surface area contributed by atoms with Crippen molar-refractivity contribution in [1.29, 1.82) is 0 Å². The summed E-state index contributed by atoms with van der Waals surface area (Å²) >= 11 is 0. The van der Waals surface area contributed by atoms with Crippen molar-refractivity contribution in [3.63, 3.8) is 0 Å². The van der Waals surface area contributed by atoms with E-state index in [-0.39, 0.29) is 0 Å². The van der Waals surface area contributed by atoms with E-state index in [1.54, 1.807) is 4.68 Å². The molecule has 0 aliphatic heterocycles. The van der Waals surface area contributed by atoms with Gasteiger partial charge >= 0.3 is 0 Å². The van der Waals surface area contributed by atoms with Crippen molar-refractivity contribution in [2.45, 2.75) is 13.5 Å². The Balaban J connectivity index is 1.82. The fourth-order valence-electron chi connectivity index (χ4n) is 2.22. The Morgan fingerprint density at radius 3 is 2.63 bits per heavy atom. The summed E-state index contributed by atoms with van der Waals surface area (Å²) in [6, 6.07) is 14.7. The van der Waals surface area contributed by atoms with Crippen molar-refractivity contribution >= 4 is 10.8 Å². The zero-order chi connectivity index (χ0) is 13.2. The molecule has 0 fully saturated rings. The highest BCUT2D eigenvalue weighted by molar-refractivity contribution is 5.82. The molecule has 1 heterocycles. The first-order chi connectivity index (χ1) is 9.24. The third kappa shape index (κ3) is 2.32. The molecule has 0 radical (unpaired) electrons. The molecule has 0 aliphatic carbocycles. The van der Waals surface area contributed by atoms with E-state index < -0.39 is 0 Å². The maximum Gasteiger partial charge on any atom is 0.214 e. The van der Waals surface area contributed by atoms with E-state index in [2.05, 4.69) is 47.6 Å². The van der Waals surface area contributed by atoms with Gasteiger partial charge in [-0.15, -0.1) is 0 Å². The van der Waals surface area contributed by atoms with Crippen LogP contribution in [0.5, 0.6) is 5.88 Å². The molecular weight excluding hydrogens is 236 g/mol. The minimum Gasteiger partial charge on any atom is -0.473 e. The molecule has 3 rings (SSSR count). The number of hydrogen-bond donors (Lipinski definition) is 0. The van der Waals surface area contributed by atoms with Gasteiger partial charge in [-0.1, -0.05) is 36.4 Å². The van der Waals surface area contributed by atoms with Gasteiger partial charge in [-0.25, -0.2) is 4.68 Å². The molecule has 0 bridgehead atoms. The highest BCUT2D eigenvalue weighted by Crippen LogP contribution is 2.19. The Bertz CT molecular complexity index is 696. The molecule has 1 aromatic heterocycles. The summed E-state index contributed by atoms with van der Waals surface area (Å²) in [4.78, 5) is 0. The number of aromatic nitrogens is 2. The number of hydrogen-bond acceptors (Lipinski definition) is 2. The Labute approximate surface area is 112 Å². The number of rotatable bonds is 3. The van der Waals surface area contributed by atoms with Crippen molar-refractivity contribution in [3.05, 3.63) is 59.8 Å². The second-order valence-corrected chi connectivity index (χ2v) is 4.73. The summed E-state index contributed by atoms with van der Waals surface area (Å²) in [6.07, 6.45) is 1.82. The lowest BCUT2D eigenvalue weighted by Gasteiger charge is -2.08. The smallest absolute Gasteiger partial charge is 0.214 e. The average Bonchev–Trinajstić information content (AvgIpc) is 2.76. The summed E-state index contributed by atoms with van der Waals surface area (Å²) in [5.41, 5.74) is 2.22. The average molecular weight is 252 g/mol. The van der Waals surface area contributed by atoms with Gasteiger partial charge in [0.15, 0.2) is 0 Å². The predicted molar refractivity (Wildman–Crippen MR) is 76.2 cm³/mol. The highest BCUT2D eigenvalue weighted by Gasteiger charge is 2.05. The Morgan fingerprint density at radius 1 is 1.11 bits per heavy atom. The molecule has 2 aromatic carbocycles. The van der Waals surface area contributed by atoms with Crippen LogP contribution in [-0.4, -0.2) is 9.78 Å². The van der Waals surface area contributed by atoms with Gasteiger partial charge < -0.3 is 4.74 Å². The second-order valence-electron chi connectivity index (χ2n) is 4.73. The molecule has 0 aliphatic rings. The third-order valence-electron chi connectivity index (χ3n) is 3.25. The van der Waals surface area contributed by atoms with Crippen molar-refractivity contribution < 1.29 is 4.74 Å². The predicted octanol–water partition coefficient (Wildman–Crippen LogP) is 3.46. The van der Waals surface area contributed by atoms with Gasteiger partial charge in [0.25, 0.3) is 0 Å². The molecule has 0 saturated carbocycles. The standard InChI is InChI=1S/C16H16N2O/c1-12-10-17-18(2)16(12)19-11-13-7-8-14-5-3-4-6-15(14)9-13/h3-10H,11H2,1-2H3. The first-order valence-corrected chi connectivity index (χ1v) is 6.33. The summed E-state index contributed by atoms with van der Waals surface area (Å²) in [7, 11) is 1.89. The van der Waals surface area contributed by atoms with E-state index in [9.17, 15) is 0 Å². The molecule has 3 heteroatoms. The van der Waals surface area contributed by atoms with Crippen LogP contribution in [0.25, 0.3) is 10.8 Å². The van der Waals surface area contributed by atoms with Crippen LogP contribution in [0.4, 0.5) is 0 Å². The van der Waals surface area contributed by atoms with Crippen molar-refractivity contribution in [2.24, 2.45) is 7.05 Å². The van der Waals surface area contributed by atoms with E-state index >= 15 is 0 Å². The second kappa shape index (κ2) is 4.76. The van der Waals surface area contributed by atoms with Crippen LogP contribution in [0, 0.1) is 6.92 Å². The Kier molecular flexibility index (Phi) is 2.95. The van der Waals surface area contributed by atoms with Gasteiger partial charge in [-0.05, 0) is 29.3 Å². The summed E-state index contributed by atoms with van der Waals surface area (Å²) in [6.45, 7) is 2.56. The number of benzene rings is 2. The molecule has 0 amide bonds. The van der Waals surface area contributed by atoms with Crippen LogP contribution >= 0.6 is 0 Å². The van der Waals surface area contributed by atoms with Crippen LogP contribution in [0.2, 0.25) is 0 Å². The fraction of sp³-hybridized carbons (Fsp3) is 0.188. The minimum absolute atomic E-state index is 0.561. The lowest BCUT2D eigenvalue weighted by Crippen LogP contribution is -2.01. The van der Waals surface area contributed by atoms with Gasteiger partial charge in [0.1, 0.15) is 6.61 Å². The van der Waals surface area contributed by atoms with Gasteiger partial charge in [-0.3, -0.25) is 0 Å². The van der Waals surface area contributed by atoms with E-state index in [1.807, 2.05) is 20.2 Å². The topological polar surface area (TPSA) is 27.1 Å². The number of aryl methyl sites for hydroxylation is 2. The molecule has 3 nitrogen and oxygen atoms in total. The van der Waals surface area contributed by atoms with Crippen LogP contribution in [0.1, 0.15) is 11.1 Å². The SMILES string of the molecule is Cc1cnn(C)c1OCc1ccc2ccccc2c1. The molecular formula is C16H16N2O. The lowest BCUT2D eigenvalue weighted by atomic mass is 10.1. The summed E-state index contributed by atoms with van der Waals surface area (Å²) < 4.78 is 7.60. The maximum absolute atomic E-state index is 5.84. The van der Waals surface area contributed by atoms with Crippen molar-refractivity contribution in [1.82, 2.24) is 9.78 Å². The van der Waals surface area contributed by atoms with Gasteiger partial charge in [0, 0.05) is 12.6 Å². The molecule has 0 atom stereocenters. The maximum atomic E-state index is 5.84. The molecule has 0 N–H and O–H groups in total. The monoisotopic (exact) mass is 252 g/mol. The van der Waals surface area contributed by atoms with Crippen LogP contribution in [0.15, 0.2) is 48.7 Å². The normalized spacial score (nSPS) is 10.8. The van der Waals surface area contributed by atoms with Gasteiger partial charge in [-0.2, -0.15) is 5.10 Å². The zero-order valence-electron chi connectivity index (χ0n) is 11.1. The Morgan fingerprint density at radius 2 is 1.89 bits per heavy atom. The molecule has 96 valence electrons. The largest absolute Gasteiger partial charge is 0.473 e. The first kappa shape index (κ1) is 11.8.